The number of hydrogen-bond acceptors (Lipinski definition) is 3. The molecule has 2 nitrogen and oxygen atoms in total. The van der Waals surface area contributed by atoms with Gasteiger partial charge >= 0.3 is 0 Å². The molecule has 5 heteroatoms. The molecule has 0 amide bonds. The average molecular weight is 327 g/mol. The highest BCUT2D eigenvalue weighted by atomic mass is 79.9. The Hall–Kier alpha value is 0.390. The standard InChI is InChI=1S/C11H17BrClNOS/c1-2-8(3-4-15)6-14-7-9-5-10(12)11(13)16-9/h5,8,14-15H,2-4,6-7H2,1H3. The van der Waals surface area contributed by atoms with E-state index in [-0.39, 0.29) is 6.61 Å². The third-order valence-corrected chi connectivity index (χ3v) is 5.02. The zero-order valence-electron chi connectivity index (χ0n) is 9.30. The second-order valence-electron chi connectivity index (χ2n) is 3.75. The van der Waals surface area contributed by atoms with Crippen LogP contribution in [-0.2, 0) is 6.54 Å². The number of rotatable bonds is 7. The van der Waals surface area contributed by atoms with Crippen LogP contribution in [0.2, 0.25) is 4.34 Å². The van der Waals surface area contributed by atoms with Gasteiger partial charge in [-0.05, 0) is 40.9 Å². The molecule has 2 N–H and O–H groups in total. The van der Waals surface area contributed by atoms with Gasteiger partial charge in [-0.15, -0.1) is 11.3 Å². The van der Waals surface area contributed by atoms with Crippen molar-refractivity contribution in [1.29, 1.82) is 0 Å². The Bertz CT molecular complexity index is 299. The Morgan fingerprint density at radius 3 is 2.88 bits per heavy atom. The van der Waals surface area contributed by atoms with Gasteiger partial charge in [0.05, 0.1) is 0 Å². The first-order chi connectivity index (χ1) is 7.67. The number of aliphatic hydroxyl groups is 1. The van der Waals surface area contributed by atoms with Gasteiger partial charge in [-0.2, -0.15) is 0 Å². The molecule has 1 rings (SSSR count). The maximum Gasteiger partial charge on any atom is 0.107 e. The molecule has 1 aromatic rings. The van der Waals surface area contributed by atoms with E-state index in [0.29, 0.717) is 5.92 Å². The topological polar surface area (TPSA) is 32.3 Å². The highest BCUT2D eigenvalue weighted by Gasteiger charge is 2.07. The Balaban J connectivity index is 2.29. The van der Waals surface area contributed by atoms with Crippen molar-refractivity contribution in [3.8, 4) is 0 Å². The maximum absolute atomic E-state index is 8.87. The predicted molar refractivity (Wildman–Crippen MR) is 74.2 cm³/mol. The highest BCUT2D eigenvalue weighted by Crippen LogP contribution is 2.31. The van der Waals surface area contributed by atoms with Crippen LogP contribution >= 0.6 is 38.9 Å². The molecule has 0 aliphatic carbocycles. The van der Waals surface area contributed by atoms with Gasteiger partial charge in [-0.25, -0.2) is 0 Å². The fourth-order valence-corrected chi connectivity index (χ4v) is 3.27. The van der Waals surface area contributed by atoms with Crippen molar-refractivity contribution in [2.45, 2.75) is 26.3 Å². The summed E-state index contributed by atoms with van der Waals surface area (Å²) in [5.74, 6) is 0.559. The van der Waals surface area contributed by atoms with E-state index in [9.17, 15) is 0 Å². The number of hydrogen-bond donors (Lipinski definition) is 2. The first-order valence-corrected chi connectivity index (χ1v) is 7.41. The minimum atomic E-state index is 0.274. The first kappa shape index (κ1) is 14.5. The third-order valence-electron chi connectivity index (χ3n) is 2.54. The fraction of sp³-hybridized carbons (Fsp3) is 0.636. The van der Waals surface area contributed by atoms with Crippen molar-refractivity contribution in [2.24, 2.45) is 5.92 Å². The van der Waals surface area contributed by atoms with Crippen LogP contribution in [0.4, 0.5) is 0 Å². The van der Waals surface area contributed by atoms with E-state index in [4.69, 9.17) is 16.7 Å². The van der Waals surface area contributed by atoms with Crippen LogP contribution < -0.4 is 5.32 Å². The van der Waals surface area contributed by atoms with Gasteiger partial charge in [0, 0.05) is 22.5 Å². The van der Waals surface area contributed by atoms with Gasteiger partial charge < -0.3 is 10.4 Å². The van der Waals surface area contributed by atoms with Gasteiger partial charge in [0.15, 0.2) is 0 Å². The van der Waals surface area contributed by atoms with Crippen LogP contribution in [0.25, 0.3) is 0 Å². The first-order valence-electron chi connectivity index (χ1n) is 5.42. The van der Waals surface area contributed by atoms with Crippen LogP contribution in [0.15, 0.2) is 10.5 Å². The third kappa shape index (κ3) is 4.72. The van der Waals surface area contributed by atoms with E-state index in [1.54, 1.807) is 11.3 Å². The minimum Gasteiger partial charge on any atom is -0.396 e. The molecule has 0 aromatic carbocycles. The molecule has 16 heavy (non-hydrogen) atoms. The van der Waals surface area contributed by atoms with Crippen molar-refractivity contribution in [2.75, 3.05) is 13.2 Å². The molecule has 0 aliphatic heterocycles. The number of nitrogens with one attached hydrogen (secondary N) is 1. The summed E-state index contributed by atoms with van der Waals surface area (Å²) < 4.78 is 1.78. The normalized spacial score (nSPS) is 13.0. The molecular formula is C11H17BrClNOS. The summed E-state index contributed by atoms with van der Waals surface area (Å²) in [6.45, 7) is 4.22. The minimum absolute atomic E-state index is 0.274. The number of aliphatic hydroxyl groups excluding tert-OH is 1. The highest BCUT2D eigenvalue weighted by molar-refractivity contribution is 9.10. The molecule has 1 unspecified atom stereocenters. The summed E-state index contributed by atoms with van der Waals surface area (Å²) in [5, 5.41) is 12.3. The molecule has 92 valence electrons. The van der Waals surface area contributed by atoms with Crippen LogP contribution in [0.1, 0.15) is 24.6 Å². The lowest BCUT2D eigenvalue weighted by Crippen LogP contribution is -2.22. The van der Waals surface area contributed by atoms with Crippen LogP contribution in [0.5, 0.6) is 0 Å². The average Bonchev–Trinajstić information content (AvgIpc) is 2.57. The molecule has 0 spiro atoms. The summed E-state index contributed by atoms with van der Waals surface area (Å²) in [6.07, 6.45) is 1.97. The largest absolute Gasteiger partial charge is 0.396 e. The van der Waals surface area contributed by atoms with E-state index >= 15 is 0 Å². The SMILES string of the molecule is CCC(CCO)CNCc1cc(Br)c(Cl)s1. The van der Waals surface area contributed by atoms with Gasteiger partial charge in [-0.1, -0.05) is 24.9 Å². The van der Waals surface area contributed by atoms with E-state index in [0.717, 1.165) is 34.7 Å². The van der Waals surface area contributed by atoms with Crippen LogP contribution in [-0.4, -0.2) is 18.3 Å². The van der Waals surface area contributed by atoms with E-state index in [2.05, 4.69) is 28.2 Å². The Labute approximate surface area is 114 Å². The second-order valence-corrected chi connectivity index (χ2v) is 6.34. The lowest BCUT2D eigenvalue weighted by molar-refractivity contribution is 0.251. The van der Waals surface area contributed by atoms with Gasteiger partial charge in [-0.3, -0.25) is 0 Å². The Kier molecular flexibility index (Phi) is 6.92. The summed E-state index contributed by atoms with van der Waals surface area (Å²) in [7, 11) is 0. The smallest absolute Gasteiger partial charge is 0.107 e. The van der Waals surface area contributed by atoms with Gasteiger partial charge in [0.25, 0.3) is 0 Å². The summed E-state index contributed by atoms with van der Waals surface area (Å²) >= 11 is 10.9. The quantitative estimate of drug-likeness (QED) is 0.801. The molecular weight excluding hydrogens is 310 g/mol. The molecule has 0 saturated carbocycles. The van der Waals surface area contributed by atoms with E-state index < -0.39 is 0 Å². The molecule has 0 bridgehead atoms. The maximum atomic E-state index is 8.87. The van der Waals surface area contributed by atoms with E-state index in [1.165, 1.54) is 4.88 Å². The summed E-state index contributed by atoms with van der Waals surface area (Å²) in [6, 6.07) is 2.05. The molecule has 0 radical (unpaired) electrons. The van der Waals surface area contributed by atoms with Gasteiger partial charge in [0.1, 0.15) is 4.34 Å². The van der Waals surface area contributed by atoms with Crippen molar-refractivity contribution >= 4 is 38.9 Å². The zero-order valence-corrected chi connectivity index (χ0v) is 12.5. The van der Waals surface area contributed by atoms with Crippen LogP contribution in [0, 0.1) is 5.92 Å². The van der Waals surface area contributed by atoms with Gasteiger partial charge in [0.2, 0.25) is 0 Å². The Morgan fingerprint density at radius 2 is 2.38 bits per heavy atom. The molecule has 0 aliphatic rings. The fourth-order valence-electron chi connectivity index (χ4n) is 1.51. The van der Waals surface area contributed by atoms with Crippen molar-refractivity contribution in [1.82, 2.24) is 5.32 Å². The molecule has 1 aromatic heterocycles. The lowest BCUT2D eigenvalue weighted by Gasteiger charge is -2.13. The van der Waals surface area contributed by atoms with Crippen molar-refractivity contribution in [3.05, 3.63) is 19.8 Å². The predicted octanol–water partition coefficient (Wildman–Crippen LogP) is 3.66. The lowest BCUT2D eigenvalue weighted by atomic mass is 10.0. The molecule has 0 saturated heterocycles. The monoisotopic (exact) mass is 325 g/mol. The van der Waals surface area contributed by atoms with Crippen molar-refractivity contribution in [3.63, 3.8) is 0 Å². The number of halogens is 2. The van der Waals surface area contributed by atoms with Crippen molar-refractivity contribution < 1.29 is 5.11 Å². The summed E-state index contributed by atoms with van der Waals surface area (Å²) in [4.78, 5) is 1.23. The zero-order chi connectivity index (χ0) is 12.0. The molecule has 1 heterocycles. The molecule has 0 fully saturated rings. The molecule has 1 atom stereocenters. The van der Waals surface area contributed by atoms with Crippen LogP contribution in [0.3, 0.4) is 0 Å². The van der Waals surface area contributed by atoms with E-state index in [1.807, 2.05) is 6.07 Å². The Morgan fingerprint density at radius 1 is 1.62 bits per heavy atom. The number of thiophene rings is 1. The second kappa shape index (κ2) is 7.67. The summed E-state index contributed by atoms with van der Waals surface area (Å²) in [5.41, 5.74) is 0.